The summed E-state index contributed by atoms with van der Waals surface area (Å²) in [5.74, 6) is 0. The molecule has 0 saturated carbocycles. The van der Waals surface area contributed by atoms with Crippen molar-refractivity contribution in [2.24, 2.45) is 0 Å². The van der Waals surface area contributed by atoms with Crippen molar-refractivity contribution in [2.75, 3.05) is 6.26 Å². The van der Waals surface area contributed by atoms with Gasteiger partial charge >= 0.3 is 7.12 Å². The van der Waals surface area contributed by atoms with E-state index in [1.54, 1.807) is 12.3 Å². The van der Waals surface area contributed by atoms with Gasteiger partial charge in [0, 0.05) is 22.9 Å². The molecule has 0 radical (unpaired) electrons. The maximum Gasteiger partial charge on any atom is 0.499 e. The Kier molecular flexibility index (Phi) is 3.82. The second-order valence-electron chi connectivity index (χ2n) is 5.55. The van der Waals surface area contributed by atoms with E-state index in [1.807, 2.05) is 27.7 Å². The molecule has 1 unspecified atom stereocenters. The lowest BCUT2D eigenvalue weighted by molar-refractivity contribution is 0.00578. The average Bonchev–Trinajstić information content (AvgIpc) is 2.47. The number of hydrogen-bond acceptors (Lipinski definition) is 4. The number of pyridine rings is 1. The van der Waals surface area contributed by atoms with Crippen molar-refractivity contribution in [3.8, 4) is 0 Å². The second-order valence-corrected chi connectivity index (χ2v) is 7.26. The first-order valence-corrected chi connectivity index (χ1v) is 7.93. The van der Waals surface area contributed by atoms with Gasteiger partial charge in [-0.25, -0.2) is 4.98 Å². The molecule has 2 heterocycles. The molecule has 0 N–H and O–H groups in total. The first kappa shape index (κ1) is 15.0. The zero-order chi connectivity index (χ0) is 14.4. The largest absolute Gasteiger partial charge is 0.499 e. The van der Waals surface area contributed by atoms with Crippen LogP contribution in [-0.2, 0) is 20.1 Å². The van der Waals surface area contributed by atoms with E-state index in [-0.39, 0.29) is 0 Å². The van der Waals surface area contributed by atoms with Gasteiger partial charge in [-0.1, -0.05) is 11.6 Å². The third-order valence-corrected chi connectivity index (χ3v) is 4.86. The number of halogens is 1. The summed E-state index contributed by atoms with van der Waals surface area (Å²) in [6.07, 6.45) is 3.10. The zero-order valence-corrected chi connectivity index (χ0v) is 13.3. The molecule has 1 aliphatic rings. The molecule has 19 heavy (non-hydrogen) atoms. The van der Waals surface area contributed by atoms with Gasteiger partial charge in [0.15, 0.2) is 0 Å². The molecule has 1 saturated heterocycles. The van der Waals surface area contributed by atoms with Crippen molar-refractivity contribution >= 4 is 35.0 Å². The fourth-order valence-corrected chi connectivity index (χ4v) is 2.85. The molecule has 2 rings (SSSR count). The number of rotatable bonds is 2. The molecule has 7 heteroatoms. The van der Waals surface area contributed by atoms with E-state index < -0.39 is 29.1 Å². The number of aromatic nitrogens is 1. The van der Waals surface area contributed by atoms with E-state index in [0.29, 0.717) is 15.5 Å². The van der Waals surface area contributed by atoms with Gasteiger partial charge in [0.25, 0.3) is 0 Å². The van der Waals surface area contributed by atoms with Crippen molar-refractivity contribution in [1.82, 2.24) is 4.98 Å². The van der Waals surface area contributed by atoms with Crippen LogP contribution in [0.2, 0.25) is 5.02 Å². The van der Waals surface area contributed by atoms with Crippen LogP contribution in [0.15, 0.2) is 17.3 Å². The van der Waals surface area contributed by atoms with Gasteiger partial charge in [0.1, 0.15) is 5.03 Å². The molecule has 1 fully saturated rings. The van der Waals surface area contributed by atoms with E-state index in [4.69, 9.17) is 20.9 Å². The normalized spacial score (nSPS) is 22.5. The molecule has 4 nitrogen and oxygen atoms in total. The zero-order valence-electron chi connectivity index (χ0n) is 11.7. The van der Waals surface area contributed by atoms with Crippen molar-refractivity contribution in [3.63, 3.8) is 0 Å². The number of hydrogen-bond donors (Lipinski definition) is 0. The Morgan fingerprint density at radius 1 is 1.26 bits per heavy atom. The number of nitrogens with zero attached hydrogens (tertiary/aromatic N) is 1. The highest BCUT2D eigenvalue weighted by Gasteiger charge is 2.53. The van der Waals surface area contributed by atoms with E-state index in [1.165, 1.54) is 6.20 Å². The Hall–Kier alpha value is -0.425. The Morgan fingerprint density at radius 3 is 2.26 bits per heavy atom. The summed E-state index contributed by atoms with van der Waals surface area (Å²) in [6, 6.07) is 1.65. The van der Waals surface area contributed by atoms with Crippen LogP contribution in [0.5, 0.6) is 0 Å². The highest BCUT2D eigenvalue weighted by Crippen LogP contribution is 2.37. The van der Waals surface area contributed by atoms with Crippen LogP contribution < -0.4 is 5.46 Å². The van der Waals surface area contributed by atoms with Gasteiger partial charge in [0.2, 0.25) is 0 Å². The third-order valence-electron chi connectivity index (χ3n) is 3.66. The van der Waals surface area contributed by atoms with Crippen molar-refractivity contribution < 1.29 is 13.5 Å². The molecule has 1 aromatic heterocycles. The lowest BCUT2D eigenvalue weighted by Crippen LogP contribution is -2.41. The Balaban J connectivity index is 2.48. The van der Waals surface area contributed by atoms with E-state index in [0.717, 1.165) is 0 Å². The van der Waals surface area contributed by atoms with Crippen LogP contribution in [0.25, 0.3) is 0 Å². The standard InChI is InChI=1S/C12H17BClNO3S/c1-11(2)12(3,4)18-13(17-11)9-8(14)6-7-15-10(9)19(5)16/h6-7H,1-5H3. The molecule has 1 aromatic rings. The van der Waals surface area contributed by atoms with Crippen LogP contribution in [-0.4, -0.2) is 33.8 Å². The average molecular weight is 302 g/mol. The summed E-state index contributed by atoms with van der Waals surface area (Å²) in [6.45, 7) is 7.83. The molecular formula is C12H17BClNO3S. The summed E-state index contributed by atoms with van der Waals surface area (Å²) in [7, 11) is -1.90. The molecule has 0 aliphatic carbocycles. The van der Waals surface area contributed by atoms with Crippen LogP contribution >= 0.6 is 11.6 Å². The van der Waals surface area contributed by atoms with Gasteiger partial charge in [-0.3, -0.25) is 4.21 Å². The summed E-state index contributed by atoms with van der Waals surface area (Å²) < 4.78 is 23.7. The maximum atomic E-state index is 11.8. The van der Waals surface area contributed by atoms with Crippen LogP contribution in [0, 0.1) is 0 Å². The maximum absolute atomic E-state index is 11.8. The van der Waals surface area contributed by atoms with Gasteiger partial charge < -0.3 is 9.31 Å². The molecule has 0 bridgehead atoms. The molecular weight excluding hydrogens is 284 g/mol. The monoisotopic (exact) mass is 301 g/mol. The quantitative estimate of drug-likeness (QED) is 0.781. The first-order valence-electron chi connectivity index (χ1n) is 5.99. The fraction of sp³-hybridized carbons (Fsp3) is 0.583. The predicted molar refractivity (Wildman–Crippen MR) is 77.3 cm³/mol. The Bertz CT molecular complexity index is 520. The van der Waals surface area contributed by atoms with Crippen LogP contribution in [0.3, 0.4) is 0 Å². The van der Waals surface area contributed by atoms with Gasteiger partial charge in [-0.15, -0.1) is 0 Å². The topological polar surface area (TPSA) is 48.4 Å². The lowest BCUT2D eigenvalue weighted by atomic mass is 9.80. The SMILES string of the molecule is CS(=O)c1nccc(Cl)c1B1OC(C)(C)C(C)(C)O1. The van der Waals surface area contributed by atoms with E-state index in [2.05, 4.69) is 4.98 Å². The predicted octanol–water partition coefficient (Wildman–Crippen LogP) is 1.77. The summed E-state index contributed by atoms with van der Waals surface area (Å²) in [5.41, 5.74) is -0.379. The van der Waals surface area contributed by atoms with Gasteiger partial charge in [-0.05, 0) is 33.8 Å². The fourth-order valence-electron chi connectivity index (χ4n) is 1.84. The molecule has 0 amide bonds. The molecule has 104 valence electrons. The molecule has 1 aliphatic heterocycles. The minimum Gasteiger partial charge on any atom is -0.399 e. The van der Waals surface area contributed by atoms with Crippen molar-refractivity contribution in [1.29, 1.82) is 0 Å². The molecule has 0 spiro atoms. The Labute approximate surface area is 121 Å². The summed E-state index contributed by atoms with van der Waals surface area (Å²) in [4.78, 5) is 4.13. The molecule has 0 aromatic carbocycles. The lowest BCUT2D eigenvalue weighted by Gasteiger charge is -2.32. The smallest absolute Gasteiger partial charge is 0.399 e. The summed E-state index contributed by atoms with van der Waals surface area (Å²) >= 11 is 6.21. The van der Waals surface area contributed by atoms with E-state index in [9.17, 15) is 4.21 Å². The molecule has 1 atom stereocenters. The second kappa shape index (κ2) is 4.84. The first-order chi connectivity index (χ1) is 8.66. The minimum absolute atomic E-state index is 0.408. The highest BCUT2D eigenvalue weighted by atomic mass is 35.5. The van der Waals surface area contributed by atoms with Gasteiger partial charge in [-0.2, -0.15) is 0 Å². The third kappa shape index (κ3) is 2.59. The van der Waals surface area contributed by atoms with Crippen LogP contribution in [0.4, 0.5) is 0 Å². The highest BCUT2D eigenvalue weighted by molar-refractivity contribution is 7.84. The van der Waals surface area contributed by atoms with Gasteiger partial charge in [0.05, 0.1) is 22.0 Å². The summed E-state index contributed by atoms with van der Waals surface area (Å²) in [5, 5.41) is 0.865. The van der Waals surface area contributed by atoms with Crippen LogP contribution in [0.1, 0.15) is 27.7 Å². The Morgan fingerprint density at radius 2 is 1.79 bits per heavy atom. The van der Waals surface area contributed by atoms with Crippen molar-refractivity contribution in [3.05, 3.63) is 17.3 Å². The van der Waals surface area contributed by atoms with Crippen molar-refractivity contribution in [2.45, 2.75) is 43.9 Å². The minimum atomic E-state index is -1.25. The van der Waals surface area contributed by atoms with E-state index >= 15 is 0 Å².